The summed E-state index contributed by atoms with van der Waals surface area (Å²) in [5.74, 6) is 5.26. The molecule has 0 aliphatic heterocycles. The summed E-state index contributed by atoms with van der Waals surface area (Å²) in [5, 5.41) is 13.9. The summed E-state index contributed by atoms with van der Waals surface area (Å²) in [6.07, 6.45) is 45.5. The fraction of sp³-hybridized carbons (Fsp3) is 0.696. The molecule has 8 aliphatic rings. The molecule has 0 unspecified atom stereocenters. The van der Waals surface area contributed by atoms with Crippen molar-refractivity contribution in [3.05, 3.63) is 174 Å². The van der Waals surface area contributed by atoms with Crippen LogP contribution >= 0.6 is 0 Å². The lowest BCUT2D eigenvalue weighted by Crippen LogP contribution is -2.59. The first-order chi connectivity index (χ1) is 69.3. The van der Waals surface area contributed by atoms with Gasteiger partial charge in [0.1, 0.15) is 23.0 Å². The Bertz CT molecular complexity index is 5300. The van der Waals surface area contributed by atoms with Crippen LogP contribution in [0.3, 0.4) is 0 Å². The molecule has 0 fully saturated rings. The van der Waals surface area contributed by atoms with E-state index >= 15 is 0 Å². The quantitative estimate of drug-likeness (QED) is 0.0281. The molecule has 0 amide bonds. The molecule has 0 spiro atoms. The van der Waals surface area contributed by atoms with Gasteiger partial charge in [0, 0.05) is 44.5 Å². The van der Waals surface area contributed by atoms with E-state index in [4.69, 9.17) is 18.9 Å². The first-order valence-electron chi connectivity index (χ1n) is 61.6. The van der Waals surface area contributed by atoms with Crippen LogP contribution in [-0.2, 0) is 86.6 Å². The molecular weight excluding hydrogens is 1830 g/mol. The van der Waals surface area contributed by atoms with Gasteiger partial charge < -0.3 is 18.9 Å². The average Bonchev–Trinajstić information content (AvgIpc) is 1.49. The summed E-state index contributed by atoms with van der Waals surface area (Å²) in [4.78, 5) is 0. The normalized spacial score (nSPS) is 21.0. The van der Waals surface area contributed by atoms with Crippen molar-refractivity contribution in [2.75, 3.05) is 26.4 Å². The number of fused-ring (bicyclic) bond motifs is 8. The summed E-state index contributed by atoms with van der Waals surface area (Å²) < 4.78 is 32.8. The number of rotatable bonds is 48. The number of hydrogen-bond acceptors (Lipinski definition) is 4. The number of ether oxygens (including phenoxy) is 4. The van der Waals surface area contributed by atoms with E-state index in [0.29, 0.717) is 0 Å². The molecule has 8 aliphatic carbocycles. The second-order valence-corrected chi connectivity index (χ2v) is 68.0. The van der Waals surface area contributed by atoms with E-state index in [1.165, 1.54) is 100 Å². The Morgan fingerprint density at radius 2 is 0.308 bits per heavy atom. The van der Waals surface area contributed by atoms with Crippen LogP contribution in [0.1, 0.15) is 595 Å². The number of benzene rings is 7. The highest BCUT2D eigenvalue weighted by Crippen LogP contribution is 2.70. The SMILES string of the molecule is CCCCCCOc1c2c(c(/[Si](c3ccccc3)=[Si](\c3ccc(/[Si](c4c5c(c(OCCCCCC)c6c4C(CC)(CC)CC6(C)C)C(C)(C)CC5(CC)CC)=[Si](/c4ccccc4)c4c5c(c(OCCCCCC)c6c4C(CC)(CC)CC6(C)C)C(C)(C)CC5(CC)CC)cc3)c3c4c(c(OCCCCCC)c5c3C(CC)(CC)CC5(C)C)C(C)(C)CC4(CC)CC)c3c1C(C)(C)CC3(CC)CC)C(CC)(CC)CC2(C)C. The first kappa shape index (κ1) is 115. The lowest BCUT2D eigenvalue weighted by molar-refractivity contribution is 0.282. The highest BCUT2D eigenvalue weighted by Gasteiger charge is 2.65. The zero-order chi connectivity index (χ0) is 106. The largest absolute Gasteiger partial charge is 0.493 e. The van der Waals surface area contributed by atoms with E-state index in [-0.39, 0.29) is 86.6 Å². The molecule has 0 radical (unpaired) electrons. The van der Waals surface area contributed by atoms with Crippen LogP contribution in [0.2, 0.25) is 0 Å². The molecule has 0 atom stereocenters. The number of hydrogen-bond donors (Lipinski definition) is 0. The molecular formula is C138H210O4Si4. The fourth-order valence-electron chi connectivity index (χ4n) is 35.4. The van der Waals surface area contributed by atoms with Gasteiger partial charge in [0.25, 0.3) is 0 Å². The Kier molecular flexibility index (Phi) is 34.1. The highest BCUT2D eigenvalue weighted by molar-refractivity contribution is 7.21. The Morgan fingerprint density at radius 3 is 0.438 bits per heavy atom. The molecule has 0 bridgehead atoms. The molecule has 7 aromatic carbocycles. The topological polar surface area (TPSA) is 36.9 Å². The molecule has 0 saturated heterocycles. The van der Waals surface area contributed by atoms with Gasteiger partial charge in [0.2, 0.25) is 0 Å². The Balaban J connectivity index is 1.30. The Morgan fingerprint density at radius 1 is 0.171 bits per heavy atom. The third-order valence-corrected chi connectivity index (χ3v) is 60.7. The Hall–Kier alpha value is -5.39. The van der Waals surface area contributed by atoms with Crippen LogP contribution in [0.4, 0.5) is 0 Å². The van der Waals surface area contributed by atoms with Crippen molar-refractivity contribution >= 4 is 73.1 Å². The van der Waals surface area contributed by atoms with Crippen molar-refractivity contribution in [2.45, 2.75) is 593 Å². The molecule has 0 aromatic heterocycles. The molecule has 8 heteroatoms. The molecule has 802 valence electrons. The van der Waals surface area contributed by atoms with Gasteiger partial charge in [-0.25, -0.2) is 0 Å². The van der Waals surface area contributed by atoms with Crippen LogP contribution in [0.5, 0.6) is 23.0 Å². The van der Waals surface area contributed by atoms with Gasteiger partial charge in [0.05, 0.1) is 58.0 Å². The van der Waals surface area contributed by atoms with Gasteiger partial charge in [-0.2, -0.15) is 0 Å². The van der Waals surface area contributed by atoms with Gasteiger partial charge in [-0.05, 0) is 352 Å². The smallest absolute Gasteiger partial charge is 0.127 e. The van der Waals surface area contributed by atoms with Crippen molar-refractivity contribution < 1.29 is 18.9 Å². The summed E-state index contributed by atoms with van der Waals surface area (Å²) in [5.41, 5.74) is 24.6. The van der Waals surface area contributed by atoms with E-state index in [2.05, 4.69) is 334 Å². The molecule has 0 heterocycles. The minimum absolute atomic E-state index is 0.101. The van der Waals surface area contributed by atoms with Crippen molar-refractivity contribution in [3.8, 4) is 23.0 Å². The molecule has 4 nitrogen and oxygen atoms in total. The van der Waals surface area contributed by atoms with Gasteiger partial charge in [-0.1, -0.05) is 411 Å². The van der Waals surface area contributed by atoms with Crippen molar-refractivity contribution in [2.24, 2.45) is 0 Å². The van der Waals surface area contributed by atoms with E-state index < -0.39 is 31.6 Å². The standard InChI is InChI=1S/C138H210O4Si4/c1-37-57-61-71-83-139-115-99-107(131(41-5,42-6)87-123(99,21)22)119(108-100(115)124(23,24)88-132(108,43-7)44-8)143(95-75-67-65-68-76-95)145(121-111-103(127(29,30)91-135(111,49-13)50-14)117(141-85-73-63-59-39-3)104-112(121)136(51-15,52-16)92-128(104,31)32)97-79-81-98(82-80-97)146(122-113-105(129(33,34)93-137(113,53-17)54-18)118(142-86-74-64-60-40-4)106-114(122)138(55-19,56-20)94-130(106,35)36)144(96-77-69-66-70-78-96)120-109-101(125(25,26)89-133(109,45-9)46-10)116(140-84-72-62-58-38-2)102-110(120)134(47-11,48-12)90-126(102,27)28/h65-70,75-82H,37-64,71-74,83-94H2,1-36H3/b145-143+,146-144+. The molecule has 15 rings (SSSR count). The maximum absolute atomic E-state index is 8.23. The molecule has 0 N–H and O–H groups in total. The lowest BCUT2D eigenvalue weighted by Gasteiger charge is -2.40. The molecule has 7 aromatic rings. The third-order valence-electron chi connectivity index (χ3n) is 42.6. The van der Waals surface area contributed by atoms with E-state index in [1.54, 1.807) is 110 Å². The number of unbranched alkanes of at least 4 members (excludes halogenated alkanes) is 12. The minimum Gasteiger partial charge on any atom is -0.493 e. The van der Waals surface area contributed by atoms with Crippen LogP contribution in [0.15, 0.2) is 84.9 Å². The minimum atomic E-state index is -2.16. The van der Waals surface area contributed by atoms with Gasteiger partial charge in [0.15, 0.2) is 0 Å². The lowest BCUT2D eigenvalue weighted by atomic mass is 9.72. The van der Waals surface area contributed by atoms with Crippen molar-refractivity contribution in [3.63, 3.8) is 0 Å². The van der Waals surface area contributed by atoms with E-state index in [1.807, 2.05) is 20.7 Å². The maximum atomic E-state index is 8.23. The summed E-state index contributed by atoms with van der Waals surface area (Å²) in [6, 6.07) is 38.3. The second kappa shape index (κ2) is 43.4. The van der Waals surface area contributed by atoms with Crippen LogP contribution in [0, 0.1) is 0 Å². The fourth-order valence-corrected chi connectivity index (χ4v) is 57.3. The van der Waals surface area contributed by atoms with Crippen LogP contribution in [0.25, 0.3) is 0 Å². The predicted molar refractivity (Wildman–Crippen MR) is 643 cm³/mol. The third kappa shape index (κ3) is 18.5. The van der Waals surface area contributed by atoms with Gasteiger partial charge in [-0.15, -0.1) is 0 Å². The van der Waals surface area contributed by atoms with Gasteiger partial charge in [-0.3, -0.25) is 0 Å². The highest BCUT2D eigenvalue weighted by atomic mass is 28.9. The molecule has 146 heavy (non-hydrogen) atoms. The zero-order valence-electron chi connectivity index (χ0n) is 101. The Labute approximate surface area is 901 Å². The predicted octanol–water partition coefficient (Wildman–Crippen LogP) is 33.4. The van der Waals surface area contributed by atoms with E-state index in [0.717, 1.165) is 206 Å². The van der Waals surface area contributed by atoms with Gasteiger partial charge >= 0.3 is 0 Å². The first-order valence-corrected chi connectivity index (χ1v) is 69.6. The second-order valence-electron chi connectivity index (χ2n) is 54.6. The average molecular weight is 2050 g/mol. The summed E-state index contributed by atoms with van der Waals surface area (Å²) in [7, 11) is -8.50. The van der Waals surface area contributed by atoms with Crippen molar-refractivity contribution in [1.82, 2.24) is 0 Å². The van der Waals surface area contributed by atoms with Crippen LogP contribution < -0.4 is 60.4 Å². The maximum Gasteiger partial charge on any atom is 0.127 e. The molecule has 0 saturated carbocycles. The van der Waals surface area contributed by atoms with Crippen LogP contribution in [-0.4, -0.2) is 58.0 Å². The monoisotopic (exact) mass is 2040 g/mol. The van der Waals surface area contributed by atoms with Crippen molar-refractivity contribution in [1.29, 1.82) is 0 Å². The van der Waals surface area contributed by atoms with E-state index in [9.17, 15) is 0 Å². The summed E-state index contributed by atoms with van der Waals surface area (Å²) >= 11 is 0. The summed E-state index contributed by atoms with van der Waals surface area (Å²) in [6.45, 7) is 98.5. The zero-order valence-corrected chi connectivity index (χ0v) is 105.